The molecule has 10 nitrogen and oxygen atoms in total. The molecule has 0 atom stereocenters. The van der Waals surface area contributed by atoms with Crippen molar-refractivity contribution in [2.45, 2.75) is 40.3 Å². The smallest absolute Gasteiger partial charge is 0.205 e. The van der Waals surface area contributed by atoms with Crippen molar-refractivity contribution in [3.63, 3.8) is 0 Å². The molecule has 12 heteroatoms. The molecule has 2 aromatic heterocycles. The zero-order valence-corrected chi connectivity index (χ0v) is 31.7. The summed E-state index contributed by atoms with van der Waals surface area (Å²) in [5.41, 5.74) is 8.52. The van der Waals surface area contributed by atoms with E-state index in [1.807, 2.05) is 56.3 Å². The zero-order chi connectivity index (χ0) is 39.6. The number of hydrogen-bond donors (Lipinski definition) is 0. The van der Waals surface area contributed by atoms with Crippen molar-refractivity contribution in [1.29, 1.82) is 5.26 Å². The Hall–Kier alpha value is -6.72. The molecule has 56 heavy (non-hydrogen) atoms. The second-order valence-corrected chi connectivity index (χ2v) is 13.4. The van der Waals surface area contributed by atoms with E-state index in [2.05, 4.69) is 14.8 Å². The van der Waals surface area contributed by atoms with Crippen LogP contribution in [-0.4, -0.2) is 22.5 Å². The number of carbonyl (C=O) groups excluding carboxylic acids is 2. The van der Waals surface area contributed by atoms with E-state index in [0.717, 1.165) is 33.4 Å². The van der Waals surface area contributed by atoms with Crippen LogP contribution in [0.15, 0.2) is 97.6 Å². The first-order valence-electron chi connectivity index (χ1n) is 17.1. The van der Waals surface area contributed by atoms with Gasteiger partial charge in [0.05, 0.1) is 33.3 Å². The number of rotatable bonds is 15. The summed E-state index contributed by atoms with van der Waals surface area (Å²) in [5.74, 6) is 1.26. The average molecular weight is 784 g/mol. The number of nitriles is 1. The summed E-state index contributed by atoms with van der Waals surface area (Å²) in [5, 5.41) is 9.70. The molecule has 6 rings (SSSR count). The minimum absolute atomic E-state index is 0.0865. The normalized spacial score (nSPS) is 10.5. The topological polar surface area (TPSA) is 125 Å². The number of nitrogens with zero attached hydrogens (tertiary/aromatic N) is 4. The number of pyridine rings is 2. The van der Waals surface area contributed by atoms with Gasteiger partial charge in [0.25, 0.3) is 0 Å². The highest BCUT2D eigenvalue weighted by Gasteiger charge is 2.16. The fourth-order valence-corrected chi connectivity index (χ4v) is 6.35. The first-order valence-corrected chi connectivity index (χ1v) is 17.9. The number of carbonyl (C=O) groups is 2. The van der Waals surface area contributed by atoms with Crippen LogP contribution >= 0.6 is 23.2 Å². The average Bonchev–Trinajstić information content (AvgIpc) is 3.22. The zero-order valence-electron chi connectivity index (χ0n) is 30.2. The Labute approximate surface area is 333 Å². The first-order chi connectivity index (χ1) is 27.2. The maximum atomic E-state index is 11.8. The third kappa shape index (κ3) is 9.14. The monoisotopic (exact) mass is 782 g/mol. The number of hydrogen-bond acceptors (Lipinski definition) is 9. The van der Waals surface area contributed by atoms with Crippen molar-refractivity contribution in [1.82, 2.24) is 9.97 Å². The van der Waals surface area contributed by atoms with E-state index in [9.17, 15) is 14.9 Å². The van der Waals surface area contributed by atoms with Crippen molar-refractivity contribution in [2.24, 2.45) is 0 Å². The molecule has 278 valence electrons. The van der Waals surface area contributed by atoms with Crippen LogP contribution in [0.3, 0.4) is 0 Å². The number of ether oxygens (including phenoxy) is 4. The number of aromatic nitrogens is 2. The molecular weight excluding hydrogens is 751 g/mol. The Bertz CT molecular complexity index is 2350. The second kappa shape index (κ2) is 18.1. The van der Waals surface area contributed by atoms with Crippen LogP contribution in [-0.2, 0) is 26.4 Å². The van der Waals surface area contributed by atoms with E-state index >= 15 is 0 Å². The maximum Gasteiger partial charge on any atom is 0.205 e. The molecule has 0 aliphatic carbocycles. The molecule has 0 unspecified atom stereocenters. The Balaban J connectivity index is 1.16. The molecule has 0 saturated heterocycles. The molecule has 0 bridgehead atoms. The summed E-state index contributed by atoms with van der Waals surface area (Å²) in [6.45, 7) is 11.8. The summed E-state index contributed by atoms with van der Waals surface area (Å²) >= 11 is 13.1. The van der Waals surface area contributed by atoms with Gasteiger partial charge in [0, 0.05) is 42.5 Å². The van der Waals surface area contributed by atoms with Crippen molar-refractivity contribution in [3.8, 4) is 40.2 Å². The quantitative estimate of drug-likeness (QED) is 0.0739. The lowest BCUT2D eigenvalue weighted by Crippen LogP contribution is -2.04. The van der Waals surface area contributed by atoms with E-state index < -0.39 is 0 Å². The highest BCUT2D eigenvalue weighted by molar-refractivity contribution is 6.32. The lowest BCUT2D eigenvalue weighted by Gasteiger charge is -2.18. The van der Waals surface area contributed by atoms with E-state index in [1.165, 1.54) is 24.5 Å². The Morgan fingerprint density at radius 3 is 1.62 bits per heavy atom. The van der Waals surface area contributed by atoms with Crippen LogP contribution < -0.4 is 18.9 Å². The van der Waals surface area contributed by atoms with Gasteiger partial charge in [-0.15, -0.1) is 0 Å². The minimum atomic E-state index is 0.0865. The first kappa shape index (κ1) is 39.0. The van der Waals surface area contributed by atoms with Gasteiger partial charge in [-0.3, -0.25) is 19.6 Å². The van der Waals surface area contributed by atoms with Gasteiger partial charge in [0.2, 0.25) is 5.69 Å². The molecule has 0 aliphatic heterocycles. The highest BCUT2D eigenvalue weighted by Crippen LogP contribution is 2.37. The molecule has 0 saturated carbocycles. The van der Waals surface area contributed by atoms with Gasteiger partial charge in [-0.05, 0) is 77.1 Å². The molecule has 0 fully saturated rings. The third-order valence-corrected chi connectivity index (χ3v) is 9.54. The van der Waals surface area contributed by atoms with Crippen molar-refractivity contribution in [3.05, 3.63) is 169 Å². The molecule has 2 heterocycles. The van der Waals surface area contributed by atoms with Crippen LogP contribution in [0.4, 0.5) is 5.69 Å². The summed E-state index contributed by atoms with van der Waals surface area (Å²) in [4.78, 5) is 35.2. The van der Waals surface area contributed by atoms with E-state index in [0.29, 0.717) is 46.4 Å². The summed E-state index contributed by atoms with van der Waals surface area (Å²) in [7, 11) is 0. The summed E-state index contributed by atoms with van der Waals surface area (Å²) < 4.78 is 24.2. The van der Waals surface area contributed by atoms with E-state index in [1.54, 1.807) is 36.7 Å². The van der Waals surface area contributed by atoms with Gasteiger partial charge in [-0.2, -0.15) is 5.26 Å². The van der Waals surface area contributed by atoms with Crippen LogP contribution in [0.25, 0.3) is 16.0 Å². The summed E-state index contributed by atoms with van der Waals surface area (Å²) in [6.07, 6.45) is 7.43. The van der Waals surface area contributed by atoms with Crippen molar-refractivity contribution in [2.75, 3.05) is 0 Å². The van der Waals surface area contributed by atoms with E-state index in [-0.39, 0.29) is 59.1 Å². The van der Waals surface area contributed by atoms with Crippen LogP contribution in [0.1, 0.15) is 59.7 Å². The van der Waals surface area contributed by atoms with Gasteiger partial charge in [0.15, 0.2) is 12.6 Å². The minimum Gasteiger partial charge on any atom is -0.488 e. The Morgan fingerprint density at radius 1 is 0.661 bits per heavy atom. The van der Waals surface area contributed by atoms with Gasteiger partial charge in [-0.25, -0.2) is 4.85 Å². The summed E-state index contributed by atoms with van der Waals surface area (Å²) in [6, 6.07) is 23.5. The van der Waals surface area contributed by atoms with Crippen molar-refractivity contribution >= 4 is 41.5 Å². The molecule has 0 spiro atoms. The van der Waals surface area contributed by atoms with Crippen LogP contribution in [0.5, 0.6) is 23.0 Å². The molecule has 0 N–H and O–H groups in total. The second-order valence-electron chi connectivity index (χ2n) is 12.6. The molecule has 0 radical (unpaired) electrons. The van der Waals surface area contributed by atoms with Gasteiger partial charge < -0.3 is 18.9 Å². The predicted molar refractivity (Wildman–Crippen MR) is 212 cm³/mol. The standard InChI is InChI=1S/C44H32Cl2N4O6/c1-27-32(25-55-43-14-41(34(21-51)12-39(43)45)53-23-30-10-29(16-47)17-49-18-30)6-4-8-37(27)38-9-5-7-33(28(38)2)26-56-44-15-42(35(22-52)13-40(44)46)54-24-31-11-36(48-3)20-50-19-31/h4-15,17-22H,23-26H2,1-2H3. The highest BCUT2D eigenvalue weighted by atomic mass is 35.5. The lowest BCUT2D eigenvalue weighted by atomic mass is 9.92. The van der Waals surface area contributed by atoms with Crippen LogP contribution in [0, 0.1) is 31.8 Å². The van der Waals surface area contributed by atoms with Gasteiger partial charge in [-0.1, -0.05) is 59.6 Å². The van der Waals surface area contributed by atoms with Gasteiger partial charge >= 0.3 is 0 Å². The van der Waals surface area contributed by atoms with Crippen molar-refractivity contribution < 1.29 is 28.5 Å². The largest absolute Gasteiger partial charge is 0.488 e. The fourth-order valence-electron chi connectivity index (χ4n) is 5.89. The number of halogens is 2. The SMILES string of the molecule is [C-]#[N+]c1cncc(COc2cc(OCc3cccc(-c4cccc(COc5cc(OCc6cncc(C#N)c6)c(C=O)cc5Cl)c4C)c3C)c(Cl)cc2C=O)c1. The molecule has 0 aliphatic rings. The predicted octanol–water partition coefficient (Wildman–Crippen LogP) is 10.4. The maximum absolute atomic E-state index is 11.8. The molecule has 0 amide bonds. The lowest BCUT2D eigenvalue weighted by molar-refractivity contribution is 0.111. The number of benzene rings is 4. The van der Waals surface area contributed by atoms with Gasteiger partial charge in [0.1, 0.15) is 55.5 Å². The third-order valence-electron chi connectivity index (χ3n) is 8.95. The molecular formula is C44H32Cl2N4O6. The molecule has 6 aromatic rings. The number of aldehydes is 2. The molecule has 4 aromatic carbocycles. The Kier molecular flexibility index (Phi) is 12.6. The fraction of sp³-hybridized carbons (Fsp3) is 0.136. The Morgan fingerprint density at radius 2 is 1.14 bits per heavy atom. The van der Waals surface area contributed by atoms with E-state index in [4.69, 9.17) is 48.7 Å². The van der Waals surface area contributed by atoms with Crippen LogP contribution in [0.2, 0.25) is 10.0 Å².